The Morgan fingerprint density at radius 2 is 2.53 bits per heavy atom. The summed E-state index contributed by atoms with van der Waals surface area (Å²) in [5.74, 6) is -0.327. The van der Waals surface area contributed by atoms with Gasteiger partial charge in [-0.3, -0.25) is 4.79 Å². The lowest BCUT2D eigenvalue weighted by Crippen LogP contribution is -2.54. The van der Waals surface area contributed by atoms with E-state index in [1.807, 2.05) is 4.90 Å². The summed E-state index contributed by atoms with van der Waals surface area (Å²) in [6.45, 7) is 1.54. The van der Waals surface area contributed by atoms with Gasteiger partial charge in [0.15, 0.2) is 0 Å². The van der Waals surface area contributed by atoms with E-state index < -0.39 is 12.0 Å². The molecule has 1 aromatic heterocycles. The zero-order valence-corrected chi connectivity index (χ0v) is 9.13. The smallest absolute Gasteiger partial charge is 0.322 e. The molecule has 0 aliphatic carbocycles. The van der Waals surface area contributed by atoms with Gasteiger partial charge >= 0.3 is 5.97 Å². The van der Waals surface area contributed by atoms with Crippen LogP contribution in [0.15, 0.2) is 18.3 Å². The number of aromatic nitrogens is 1. The molecule has 1 atom stereocenters. The summed E-state index contributed by atoms with van der Waals surface area (Å²) in [6.07, 6.45) is 1.61. The van der Waals surface area contributed by atoms with Crippen LogP contribution in [0, 0.1) is 11.3 Å². The number of carboxylic acid groups (broad SMARTS) is 1. The second-order valence-corrected chi connectivity index (χ2v) is 3.78. The molecule has 1 aliphatic heterocycles. The van der Waals surface area contributed by atoms with Crippen molar-refractivity contribution in [3.8, 4) is 6.07 Å². The summed E-state index contributed by atoms with van der Waals surface area (Å²) in [7, 11) is 0. The molecule has 1 saturated heterocycles. The van der Waals surface area contributed by atoms with Gasteiger partial charge in [0.2, 0.25) is 0 Å². The zero-order valence-electron chi connectivity index (χ0n) is 9.13. The van der Waals surface area contributed by atoms with Crippen LogP contribution in [0.25, 0.3) is 0 Å². The van der Waals surface area contributed by atoms with Crippen LogP contribution in [0.2, 0.25) is 0 Å². The highest BCUT2D eigenvalue weighted by molar-refractivity contribution is 5.75. The summed E-state index contributed by atoms with van der Waals surface area (Å²) < 4.78 is 0. The molecule has 1 aliphatic rings. The minimum Gasteiger partial charge on any atom is -0.480 e. The molecule has 1 aromatic rings. The molecule has 2 heterocycles. The first kappa shape index (κ1) is 11.4. The van der Waals surface area contributed by atoms with Crippen molar-refractivity contribution in [1.82, 2.24) is 10.3 Å². The number of carbonyl (C=O) groups is 1. The zero-order chi connectivity index (χ0) is 12.3. The van der Waals surface area contributed by atoms with E-state index in [1.165, 1.54) is 0 Å². The van der Waals surface area contributed by atoms with Gasteiger partial charge < -0.3 is 15.3 Å². The molecule has 17 heavy (non-hydrogen) atoms. The number of anilines is 1. The average Bonchev–Trinajstić information content (AvgIpc) is 2.39. The third-order valence-electron chi connectivity index (χ3n) is 2.68. The number of nitrogens with one attached hydrogen (secondary N) is 1. The number of aliphatic carboxylic acids is 1. The maximum atomic E-state index is 10.9. The van der Waals surface area contributed by atoms with E-state index in [-0.39, 0.29) is 0 Å². The lowest BCUT2D eigenvalue weighted by molar-refractivity contribution is -0.139. The molecule has 0 aromatic carbocycles. The van der Waals surface area contributed by atoms with Crippen molar-refractivity contribution < 1.29 is 9.90 Å². The molecule has 1 fully saturated rings. The van der Waals surface area contributed by atoms with Crippen molar-refractivity contribution in [2.45, 2.75) is 6.04 Å². The van der Waals surface area contributed by atoms with Crippen molar-refractivity contribution in [3.63, 3.8) is 0 Å². The Kier molecular flexibility index (Phi) is 3.21. The average molecular weight is 232 g/mol. The number of hydrogen-bond donors (Lipinski definition) is 2. The summed E-state index contributed by atoms with van der Waals surface area (Å²) in [5.41, 5.74) is 0.471. The molecule has 0 saturated carbocycles. The molecule has 0 bridgehead atoms. The van der Waals surface area contributed by atoms with Crippen molar-refractivity contribution in [2.75, 3.05) is 24.5 Å². The first-order valence-electron chi connectivity index (χ1n) is 5.28. The number of pyridine rings is 1. The standard InChI is InChI=1S/C11H12N4O2/c12-6-8-2-1-3-14-10(8)15-5-4-13-9(7-15)11(16)17/h1-3,9,13H,4-5,7H2,(H,16,17). The second kappa shape index (κ2) is 4.80. The first-order valence-corrected chi connectivity index (χ1v) is 5.28. The number of nitriles is 1. The summed E-state index contributed by atoms with van der Waals surface area (Å²) >= 11 is 0. The minimum atomic E-state index is -0.885. The van der Waals surface area contributed by atoms with Crippen molar-refractivity contribution in [2.24, 2.45) is 0 Å². The maximum absolute atomic E-state index is 10.9. The highest BCUT2D eigenvalue weighted by Gasteiger charge is 2.26. The van der Waals surface area contributed by atoms with Crippen LogP contribution in [0.4, 0.5) is 5.82 Å². The van der Waals surface area contributed by atoms with Gasteiger partial charge in [-0.2, -0.15) is 5.26 Å². The van der Waals surface area contributed by atoms with Gasteiger partial charge in [0.25, 0.3) is 0 Å². The molecule has 2 N–H and O–H groups in total. The summed E-state index contributed by atoms with van der Waals surface area (Å²) in [5, 5.41) is 20.8. The number of piperazine rings is 1. The van der Waals surface area contributed by atoms with Crippen LogP contribution in [0.5, 0.6) is 0 Å². The minimum absolute atomic E-state index is 0.320. The van der Waals surface area contributed by atoms with E-state index in [0.717, 1.165) is 0 Å². The Labute approximate surface area is 98.5 Å². The quantitative estimate of drug-likeness (QED) is 0.735. The third kappa shape index (κ3) is 2.34. The Balaban J connectivity index is 2.22. The maximum Gasteiger partial charge on any atom is 0.322 e. The fraction of sp³-hybridized carbons (Fsp3) is 0.364. The van der Waals surface area contributed by atoms with E-state index in [9.17, 15) is 4.79 Å². The van der Waals surface area contributed by atoms with Gasteiger partial charge in [0.1, 0.15) is 17.9 Å². The number of hydrogen-bond acceptors (Lipinski definition) is 5. The molecule has 0 spiro atoms. The lowest BCUT2D eigenvalue weighted by Gasteiger charge is -2.32. The molecular formula is C11H12N4O2. The molecule has 1 unspecified atom stereocenters. The Morgan fingerprint density at radius 3 is 3.24 bits per heavy atom. The highest BCUT2D eigenvalue weighted by Crippen LogP contribution is 2.17. The van der Waals surface area contributed by atoms with E-state index in [0.29, 0.717) is 31.0 Å². The van der Waals surface area contributed by atoms with E-state index in [4.69, 9.17) is 10.4 Å². The lowest BCUT2D eigenvalue weighted by atomic mass is 10.2. The van der Waals surface area contributed by atoms with Crippen LogP contribution in [0.3, 0.4) is 0 Å². The molecule has 0 amide bonds. The predicted molar refractivity (Wildman–Crippen MR) is 60.6 cm³/mol. The fourth-order valence-corrected chi connectivity index (χ4v) is 1.84. The molecule has 6 heteroatoms. The Morgan fingerprint density at radius 1 is 1.71 bits per heavy atom. The molecular weight excluding hydrogens is 220 g/mol. The van der Waals surface area contributed by atoms with Crippen molar-refractivity contribution in [3.05, 3.63) is 23.9 Å². The summed E-state index contributed by atoms with van der Waals surface area (Å²) in [6, 6.07) is 4.83. The van der Waals surface area contributed by atoms with Gasteiger partial charge in [0, 0.05) is 25.8 Å². The SMILES string of the molecule is N#Cc1cccnc1N1CCNC(C(=O)O)C1. The summed E-state index contributed by atoms with van der Waals surface area (Å²) in [4.78, 5) is 16.9. The van der Waals surface area contributed by atoms with Crippen LogP contribution in [0.1, 0.15) is 5.56 Å². The Hall–Kier alpha value is -2.13. The van der Waals surface area contributed by atoms with Crippen LogP contribution < -0.4 is 10.2 Å². The van der Waals surface area contributed by atoms with E-state index in [2.05, 4.69) is 16.4 Å². The molecule has 88 valence electrons. The normalized spacial score (nSPS) is 19.7. The van der Waals surface area contributed by atoms with Gasteiger partial charge in [0.05, 0.1) is 5.56 Å². The highest BCUT2D eigenvalue weighted by atomic mass is 16.4. The predicted octanol–water partition coefficient (Wildman–Crippen LogP) is -0.184. The van der Waals surface area contributed by atoms with Gasteiger partial charge in [-0.15, -0.1) is 0 Å². The molecule has 2 rings (SSSR count). The van der Waals surface area contributed by atoms with Gasteiger partial charge in [-0.1, -0.05) is 0 Å². The number of rotatable bonds is 2. The van der Waals surface area contributed by atoms with Crippen LogP contribution >= 0.6 is 0 Å². The third-order valence-corrected chi connectivity index (χ3v) is 2.68. The molecule has 0 radical (unpaired) electrons. The van der Waals surface area contributed by atoms with E-state index >= 15 is 0 Å². The van der Waals surface area contributed by atoms with Crippen molar-refractivity contribution >= 4 is 11.8 Å². The number of nitrogens with zero attached hydrogens (tertiary/aromatic N) is 3. The largest absolute Gasteiger partial charge is 0.480 e. The van der Waals surface area contributed by atoms with E-state index in [1.54, 1.807) is 18.3 Å². The van der Waals surface area contributed by atoms with Crippen LogP contribution in [-0.2, 0) is 4.79 Å². The topological polar surface area (TPSA) is 89.3 Å². The van der Waals surface area contributed by atoms with Crippen LogP contribution in [-0.4, -0.2) is 41.7 Å². The first-order chi connectivity index (χ1) is 8.22. The van der Waals surface area contributed by atoms with Gasteiger partial charge in [-0.05, 0) is 12.1 Å². The fourth-order valence-electron chi connectivity index (χ4n) is 1.84. The van der Waals surface area contributed by atoms with Crippen molar-refractivity contribution in [1.29, 1.82) is 5.26 Å². The second-order valence-electron chi connectivity index (χ2n) is 3.78. The molecule has 6 nitrogen and oxygen atoms in total. The monoisotopic (exact) mass is 232 g/mol. The number of carboxylic acids is 1. The van der Waals surface area contributed by atoms with Gasteiger partial charge in [-0.25, -0.2) is 4.98 Å². The Bertz CT molecular complexity index is 469.